The number of hydrogen-bond donors (Lipinski definition) is 3. The number of nitrogens with two attached hydrogens (primary N) is 1. The molecule has 31 heavy (non-hydrogen) atoms. The second kappa shape index (κ2) is 10.5. The van der Waals surface area contributed by atoms with Crippen LogP contribution < -0.4 is 30.6 Å². The van der Waals surface area contributed by atoms with E-state index in [9.17, 15) is 0 Å². The van der Waals surface area contributed by atoms with Crippen LogP contribution in [0.25, 0.3) is 0 Å². The normalized spacial score (nSPS) is 18.5. The first-order chi connectivity index (χ1) is 15.0. The number of rotatable bonds is 9. The van der Waals surface area contributed by atoms with Gasteiger partial charge < -0.3 is 30.6 Å². The van der Waals surface area contributed by atoms with Crippen LogP contribution in [0.3, 0.4) is 0 Å². The Morgan fingerprint density at radius 3 is 2.29 bits per heavy atom. The highest BCUT2D eigenvalue weighted by atomic mass is 16.5. The van der Waals surface area contributed by atoms with Crippen molar-refractivity contribution in [2.75, 3.05) is 38.9 Å². The van der Waals surface area contributed by atoms with Gasteiger partial charge >= 0.3 is 0 Å². The molecule has 3 rings (SSSR count). The van der Waals surface area contributed by atoms with E-state index in [1.807, 2.05) is 26.0 Å². The van der Waals surface area contributed by atoms with Crippen molar-refractivity contribution in [2.45, 2.75) is 52.1 Å². The van der Waals surface area contributed by atoms with Crippen LogP contribution in [0.5, 0.6) is 17.2 Å². The summed E-state index contributed by atoms with van der Waals surface area (Å²) in [5.74, 6) is 3.86. The molecule has 1 aliphatic rings. The fourth-order valence-corrected chi connectivity index (χ4v) is 4.12. The van der Waals surface area contributed by atoms with Crippen molar-refractivity contribution < 1.29 is 14.2 Å². The van der Waals surface area contributed by atoms with Crippen LogP contribution in [-0.4, -0.2) is 43.9 Å². The van der Waals surface area contributed by atoms with Gasteiger partial charge in [-0.15, -0.1) is 0 Å². The molecule has 1 heterocycles. The van der Waals surface area contributed by atoms with Gasteiger partial charge in [0.15, 0.2) is 11.5 Å². The third kappa shape index (κ3) is 5.50. The lowest BCUT2D eigenvalue weighted by Crippen LogP contribution is -2.31. The van der Waals surface area contributed by atoms with Gasteiger partial charge in [0.2, 0.25) is 11.7 Å². The number of nitrogen functional groups attached to an aromatic ring is 1. The SMILES string of the molecule is COc1ccc(CNC[C@H]2CC[C@@H](Nc3nc(C)c(C)c(N)n3)CC2)c(OC)c1OC. The van der Waals surface area contributed by atoms with E-state index in [0.29, 0.717) is 35.2 Å². The minimum Gasteiger partial charge on any atom is -0.493 e. The minimum atomic E-state index is 0.392. The Bertz CT molecular complexity index is 859. The lowest BCUT2D eigenvalue weighted by atomic mass is 9.86. The van der Waals surface area contributed by atoms with E-state index in [-0.39, 0.29) is 0 Å². The van der Waals surface area contributed by atoms with Crippen molar-refractivity contribution in [2.24, 2.45) is 5.92 Å². The van der Waals surface area contributed by atoms with E-state index in [2.05, 4.69) is 20.6 Å². The molecule has 1 fully saturated rings. The van der Waals surface area contributed by atoms with Crippen LogP contribution in [0.15, 0.2) is 12.1 Å². The molecule has 1 saturated carbocycles. The lowest BCUT2D eigenvalue weighted by molar-refractivity contribution is 0.315. The van der Waals surface area contributed by atoms with Gasteiger partial charge in [0.1, 0.15) is 5.82 Å². The van der Waals surface area contributed by atoms with Crippen LogP contribution >= 0.6 is 0 Å². The molecule has 170 valence electrons. The summed E-state index contributed by atoms with van der Waals surface area (Å²) in [5, 5.41) is 7.05. The van der Waals surface area contributed by atoms with Gasteiger partial charge in [-0.3, -0.25) is 0 Å². The first-order valence-corrected chi connectivity index (χ1v) is 10.8. The summed E-state index contributed by atoms with van der Waals surface area (Å²) in [6, 6.07) is 4.32. The van der Waals surface area contributed by atoms with E-state index in [4.69, 9.17) is 19.9 Å². The summed E-state index contributed by atoms with van der Waals surface area (Å²) in [4.78, 5) is 8.91. The molecule has 2 aromatic rings. The van der Waals surface area contributed by atoms with Gasteiger partial charge in [0, 0.05) is 29.4 Å². The smallest absolute Gasteiger partial charge is 0.225 e. The molecule has 1 aliphatic carbocycles. The second-order valence-electron chi connectivity index (χ2n) is 8.13. The maximum Gasteiger partial charge on any atom is 0.225 e. The topological polar surface area (TPSA) is 104 Å². The molecule has 0 amide bonds. The Hall–Kier alpha value is -2.74. The van der Waals surface area contributed by atoms with Crippen LogP contribution in [0.1, 0.15) is 42.5 Å². The zero-order valence-electron chi connectivity index (χ0n) is 19.2. The molecule has 1 aromatic heterocycles. The number of benzene rings is 1. The van der Waals surface area contributed by atoms with Gasteiger partial charge in [0.05, 0.1) is 21.3 Å². The van der Waals surface area contributed by atoms with Gasteiger partial charge in [-0.1, -0.05) is 6.07 Å². The van der Waals surface area contributed by atoms with Crippen molar-refractivity contribution in [1.82, 2.24) is 15.3 Å². The maximum atomic E-state index is 5.98. The summed E-state index contributed by atoms with van der Waals surface area (Å²) < 4.78 is 16.4. The molecule has 8 heteroatoms. The van der Waals surface area contributed by atoms with Crippen LogP contribution in [0.4, 0.5) is 11.8 Å². The molecular formula is C23H35N5O3. The maximum absolute atomic E-state index is 5.98. The number of nitrogens with one attached hydrogen (secondary N) is 2. The largest absolute Gasteiger partial charge is 0.493 e. The fourth-order valence-electron chi connectivity index (χ4n) is 4.12. The average molecular weight is 430 g/mol. The summed E-state index contributed by atoms with van der Waals surface area (Å²) in [6.07, 6.45) is 4.52. The molecule has 0 atom stereocenters. The van der Waals surface area contributed by atoms with Crippen molar-refractivity contribution in [3.05, 3.63) is 29.0 Å². The van der Waals surface area contributed by atoms with E-state index in [0.717, 1.165) is 61.3 Å². The molecule has 0 radical (unpaired) electrons. The van der Waals surface area contributed by atoms with Crippen molar-refractivity contribution in [3.63, 3.8) is 0 Å². The van der Waals surface area contributed by atoms with E-state index < -0.39 is 0 Å². The fraction of sp³-hybridized carbons (Fsp3) is 0.565. The second-order valence-corrected chi connectivity index (χ2v) is 8.13. The number of aryl methyl sites for hydroxylation is 1. The molecule has 8 nitrogen and oxygen atoms in total. The number of methoxy groups -OCH3 is 3. The predicted molar refractivity (Wildman–Crippen MR) is 123 cm³/mol. The number of nitrogens with zero attached hydrogens (tertiary/aromatic N) is 2. The van der Waals surface area contributed by atoms with Crippen LogP contribution in [0.2, 0.25) is 0 Å². The zero-order valence-corrected chi connectivity index (χ0v) is 19.2. The third-order valence-corrected chi connectivity index (χ3v) is 6.14. The highest BCUT2D eigenvalue weighted by molar-refractivity contribution is 5.55. The summed E-state index contributed by atoms with van der Waals surface area (Å²) in [7, 11) is 4.91. The van der Waals surface area contributed by atoms with E-state index in [1.54, 1.807) is 21.3 Å². The van der Waals surface area contributed by atoms with Crippen LogP contribution in [-0.2, 0) is 6.54 Å². The van der Waals surface area contributed by atoms with Gasteiger partial charge in [0.25, 0.3) is 0 Å². The van der Waals surface area contributed by atoms with Gasteiger partial charge in [-0.2, -0.15) is 4.98 Å². The van der Waals surface area contributed by atoms with Crippen LogP contribution in [0, 0.1) is 19.8 Å². The first kappa shape index (κ1) is 22.9. The Morgan fingerprint density at radius 1 is 0.968 bits per heavy atom. The lowest BCUT2D eigenvalue weighted by Gasteiger charge is -2.29. The van der Waals surface area contributed by atoms with Crippen molar-refractivity contribution in [3.8, 4) is 17.2 Å². The molecule has 4 N–H and O–H groups in total. The highest BCUT2D eigenvalue weighted by Gasteiger charge is 2.22. The highest BCUT2D eigenvalue weighted by Crippen LogP contribution is 2.39. The quantitative estimate of drug-likeness (QED) is 0.557. The Morgan fingerprint density at radius 2 is 1.68 bits per heavy atom. The van der Waals surface area contributed by atoms with Gasteiger partial charge in [-0.05, 0) is 58.1 Å². The predicted octanol–water partition coefficient (Wildman–Crippen LogP) is 3.46. The van der Waals surface area contributed by atoms with E-state index >= 15 is 0 Å². The third-order valence-electron chi connectivity index (χ3n) is 6.14. The monoisotopic (exact) mass is 429 g/mol. The number of aromatic nitrogens is 2. The molecule has 1 aromatic carbocycles. The summed E-state index contributed by atoms with van der Waals surface area (Å²) >= 11 is 0. The van der Waals surface area contributed by atoms with Crippen molar-refractivity contribution >= 4 is 11.8 Å². The van der Waals surface area contributed by atoms with Gasteiger partial charge in [-0.25, -0.2) is 4.98 Å². The Labute approximate surface area is 184 Å². The Balaban J connectivity index is 1.48. The molecule has 0 aliphatic heterocycles. The molecule has 0 spiro atoms. The minimum absolute atomic E-state index is 0.392. The number of ether oxygens (including phenoxy) is 3. The number of hydrogen-bond acceptors (Lipinski definition) is 8. The average Bonchev–Trinajstić information content (AvgIpc) is 2.78. The molecule has 0 bridgehead atoms. The molecule has 0 saturated heterocycles. The zero-order chi connectivity index (χ0) is 22.4. The first-order valence-electron chi connectivity index (χ1n) is 10.8. The van der Waals surface area contributed by atoms with E-state index in [1.165, 1.54) is 0 Å². The number of anilines is 2. The molecule has 0 unspecified atom stereocenters. The van der Waals surface area contributed by atoms with Crippen molar-refractivity contribution in [1.29, 1.82) is 0 Å². The standard InChI is InChI=1S/C23H35N5O3/c1-14-15(2)26-23(28-22(14)24)27-18-9-6-16(7-10-18)12-25-13-17-8-11-19(29-3)21(31-5)20(17)30-4/h8,11,16,18,25H,6-7,9-10,12-13H2,1-5H3,(H3,24,26,27,28)/t16-,18+. The Kier molecular flexibility index (Phi) is 7.79. The molecular weight excluding hydrogens is 394 g/mol. The summed E-state index contributed by atoms with van der Waals surface area (Å²) in [5.41, 5.74) is 8.92. The summed E-state index contributed by atoms with van der Waals surface area (Å²) in [6.45, 7) is 5.60.